The van der Waals surface area contributed by atoms with Crippen LogP contribution in [0.5, 0.6) is 0 Å². The molecule has 0 N–H and O–H groups in total. The Morgan fingerprint density at radius 2 is 2.00 bits per heavy atom. The lowest BCUT2D eigenvalue weighted by atomic mass is 9.91. The standard InChI is InChI=1S/C12H22BrNO/c13-7-8-14(11-4-3-5-11)10-12-6-1-2-9-15-12/h11-12H,1-10H2. The maximum atomic E-state index is 5.82. The van der Waals surface area contributed by atoms with E-state index in [1.807, 2.05) is 0 Å². The summed E-state index contributed by atoms with van der Waals surface area (Å²) in [6, 6.07) is 0.855. The van der Waals surface area contributed by atoms with Gasteiger partial charge in [0.15, 0.2) is 0 Å². The third-order valence-electron chi connectivity index (χ3n) is 3.67. The Kier molecular flexibility index (Phi) is 4.92. The van der Waals surface area contributed by atoms with E-state index >= 15 is 0 Å². The molecule has 2 fully saturated rings. The van der Waals surface area contributed by atoms with Crippen molar-refractivity contribution in [1.82, 2.24) is 4.90 Å². The van der Waals surface area contributed by atoms with Crippen molar-refractivity contribution in [2.24, 2.45) is 0 Å². The zero-order valence-corrected chi connectivity index (χ0v) is 11.0. The van der Waals surface area contributed by atoms with Crippen molar-refractivity contribution in [1.29, 1.82) is 0 Å². The number of alkyl halides is 1. The lowest BCUT2D eigenvalue weighted by Crippen LogP contribution is -2.46. The van der Waals surface area contributed by atoms with Crippen molar-refractivity contribution in [2.75, 3.05) is 25.0 Å². The predicted octanol–water partition coefficient (Wildman–Crippen LogP) is 2.80. The quantitative estimate of drug-likeness (QED) is 0.716. The number of hydrogen-bond donors (Lipinski definition) is 0. The Balaban J connectivity index is 1.76. The van der Waals surface area contributed by atoms with Crippen LogP contribution in [0.1, 0.15) is 38.5 Å². The van der Waals surface area contributed by atoms with Crippen LogP contribution in [0, 0.1) is 0 Å². The molecule has 1 unspecified atom stereocenters. The molecule has 1 saturated carbocycles. The van der Waals surface area contributed by atoms with Crippen LogP contribution in [0.2, 0.25) is 0 Å². The van der Waals surface area contributed by atoms with Gasteiger partial charge in [0.1, 0.15) is 0 Å². The fourth-order valence-corrected chi connectivity index (χ4v) is 2.95. The van der Waals surface area contributed by atoms with Gasteiger partial charge in [-0.1, -0.05) is 22.4 Å². The molecule has 1 aliphatic heterocycles. The first-order chi connectivity index (χ1) is 7.40. The molecule has 3 heteroatoms. The first-order valence-electron chi connectivity index (χ1n) is 6.32. The van der Waals surface area contributed by atoms with Gasteiger partial charge in [-0.25, -0.2) is 0 Å². The van der Waals surface area contributed by atoms with Crippen LogP contribution < -0.4 is 0 Å². The first-order valence-corrected chi connectivity index (χ1v) is 7.44. The maximum Gasteiger partial charge on any atom is 0.0702 e. The van der Waals surface area contributed by atoms with E-state index in [1.165, 1.54) is 45.1 Å². The molecule has 88 valence electrons. The molecule has 2 rings (SSSR count). The van der Waals surface area contributed by atoms with Crippen LogP contribution in [0.3, 0.4) is 0 Å². The number of nitrogens with zero attached hydrogens (tertiary/aromatic N) is 1. The van der Waals surface area contributed by atoms with Crippen LogP contribution >= 0.6 is 15.9 Å². The number of ether oxygens (including phenoxy) is 1. The van der Waals surface area contributed by atoms with Gasteiger partial charge >= 0.3 is 0 Å². The van der Waals surface area contributed by atoms with E-state index in [-0.39, 0.29) is 0 Å². The molecule has 0 bridgehead atoms. The van der Waals surface area contributed by atoms with Crippen molar-refractivity contribution < 1.29 is 4.74 Å². The van der Waals surface area contributed by atoms with Gasteiger partial charge in [0.05, 0.1) is 6.10 Å². The molecule has 1 aliphatic carbocycles. The maximum absolute atomic E-state index is 5.82. The highest BCUT2D eigenvalue weighted by atomic mass is 79.9. The lowest BCUT2D eigenvalue weighted by molar-refractivity contribution is -0.0199. The largest absolute Gasteiger partial charge is 0.377 e. The van der Waals surface area contributed by atoms with E-state index in [0.717, 1.165) is 24.5 Å². The Hall–Kier alpha value is 0.400. The molecular formula is C12H22BrNO. The molecule has 0 spiro atoms. The van der Waals surface area contributed by atoms with Crippen LogP contribution in [0.25, 0.3) is 0 Å². The zero-order valence-electron chi connectivity index (χ0n) is 9.46. The molecule has 2 nitrogen and oxygen atoms in total. The summed E-state index contributed by atoms with van der Waals surface area (Å²) in [6.45, 7) is 3.33. The van der Waals surface area contributed by atoms with E-state index < -0.39 is 0 Å². The molecule has 1 heterocycles. The lowest BCUT2D eigenvalue weighted by Gasteiger charge is -2.39. The summed E-state index contributed by atoms with van der Waals surface area (Å²) >= 11 is 3.55. The normalized spacial score (nSPS) is 28.0. The van der Waals surface area contributed by atoms with Crippen LogP contribution in [0.15, 0.2) is 0 Å². The molecule has 0 aromatic rings. The topological polar surface area (TPSA) is 12.5 Å². The summed E-state index contributed by atoms with van der Waals surface area (Å²) in [6.07, 6.45) is 8.63. The average molecular weight is 276 g/mol. The minimum atomic E-state index is 0.512. The van der Waals surface area contributed by atoms with Gasteiger partial charge in [0.2, 0.25) is 0 Å². The van der Waals surface area contributed by atoms with Crippen molar-refractivity contribution in [3.8, 4) is 0 Å². The van der Waals surface area contributed by atoms with Crippen LogP contribution in [-0.2, 0) is 4.74 Å². The Morgan fingerprint density at radius 3 is 2.53 bits per heavy atom. The molecule has 0 radical (unpaired) electrons. The third-order valence-corrected chi connectivity index (χ3v) is 4.03. The molecule has 0 amide bonds. The van der Waals surface area contributed by atoms with Crippen molar-refractivity contribution in [3.05, 3.63) is 0 Å². The van der Waals surface area contributed by atoms with Crippen LogP contribution in [0.4, 0.5) is 0 Å². The van der Waals surface area contributed by atoms with Crippen molar-refractivity contribution >= 4 is 15.9 Å². The first kappa shape index (κ1) is 11.9. The molecule has 1 atom stereocenters. The summed E-state index contributed by atoms with van der Waals surface area (Å²) in [5.74, 6) is 0. The summed E-state index contributed by atoms with van der Waals surface area (Å²) in [5, 5.41) is 1.09. The fraction of sp³-hybridized carbons (Fsp3) is 1.00. The van der Waals surface area contributed by atoms with E-state index in [1.54, 1.807) is 0 Å². The van der Waals surface area contributed by atoms with Crippen LogP contribution in [-0.4, -0.2) is 42.1 Å². The highest BCUT2D eigenvalue weighted by molar-refractivity contribution is 9.09. The van der Waals surface area contributed by atoms with Gasteiger partial charge in [-0.3, -0.25) is 4.90 Å². The molecule has 15 heavy (non-hydrogen) atoms. The highest BCUT2D eigenvalue weighted by Crippen LogP contribution is 2.26. The third kappa shape index (κ3) is 3.43. The Bertz CT molecular complexity index is 178. The van der Waals surface area contributed by atoms with Gasteiger partial charge in [0.25, 0.3) is 0 Å². The Morgan fingerprint density at radius 1 is 1.13 bits per heavy atom. The smallest absolute Gasteiger partial charge is 0.0702 e. The summed E-state index contributed by atoms with van der Waals surface area (Å²) in [4.78, 5) is 2.63. The van der Waals surface area contributed by atoms with Gasteiger partial charge in [-0.05, 0) is 32.1 Å². The van der Waals surface area contributed by atoms with Crippen molar-refractivity contribution in [2.45, 2.75) is 50.7 Å². The van der Waals surface area contributed by atoms with Gasteiger partial charge in [-0.15, -0.1) is 0 Å². The monoisotopic (exact) mass is 275 g/mol. The van der Waals surface area contributed by atoms with E-state index in [0.29, 0.717) is 6.10 Å². The van der Waals surface area contributed by atoms with E-state index in [9.17, 15) is 0 Å². The second kappa shape index (κ2) is 6.21. The second-order valence-corrected chi connectivity index (χ2v) is 5.55. The predicted molar refractivity (Wildman–Crippen MR) is 66.6 cm³/mol. The summed E-state index contributed by atoms with van der Waals surface area (Å²) < 4.78 is 5.82. The molecule has 1 saturated heterocycles. The molecule has 0 aromatic heterocycles. The van der Waals surface area contributed by atoms with E-state index in [2.05, 4.69) is 20.8 Å². The minimum Gasteiger partial charge on any atom is -0.377 e. The average Bonchev–Trinajstić information content (AvgIpc) is 2.17. The number of halogens is 1. The molecule has 2 aliphatic rings. The van der Waals surface area contributed by atoms with Gasteiger partial charge in [-0.2, -0.15) is 0 Å². The Labute approximate surface area is 101 Å². The second-order valence-electron chi connectivity index (χ2n) is 4.76. The van der Waals surface area contributed by atoms with Crippen molar-refractivity contribution in [3.63, 3.8) is 0 Å². The number of hydrogen-bond acceptors (Lipinski definition) is 2. The highest BCUT2D eigenvalue weighted by Gasteiger charge is 2.27. The SMILES string of the molecule is BrCCN(CC1CCCCO1)C1CCC1. The van der Waals surface area contributed by atoms with E-state index in [4.69, 9.17) is 4.74 Å². The zero-order chi connectivity index (χ0) is 10.5. The summed E-state index contributed by atoms with van der Waals surface area (Å²) in [7, 11) is 0. The molecular weight excluding hydrogens is 254 g/mol. The van der Waals surface area contributed by atoms with Gasteiger partial charge in [0, 0.05) is 31.1 Å². The minimum absolute atomic E-state index is 0.512. The summed E-state index contributed by atoms with van der Waals surface area (Å²) in [5.41, 5.74) is 0. The molecule has 0 aromatic carbocycles. The fourth-order valence-electron chi connectivity index (χ4n) is 2.50. The number of rotatable bonds is 5. The van der Waals surface area contributed by atoms with Gasteiger partial charge < -0.3 is 4.74 Å².